The third-order valence-corrected chi connectivity index (χ3v) is 3.85. The Bertz CT molecular complexity index is 798. The number of phenols is 1. The average molecular weight is 329 g/mol. The van der Waals surface area contributed by atoms with Gasteiger partial charge in [0.25, 0.3) is 5.69 Å². The Morgan fingerprint density at radius 3 is 2.50 bits per heavy atom. The Morgan fingerprint density at radius 2 is 1.92 bits per heavy atom. The first-order valence-corrected chi connectivity index (χ1v) is 7.68. The Morgan fingerprint density at radius 1 is 1.25 bits per heavy atom. The van der Waals surface area contributed by atoms with Crippen LogP contribution < -0.4 is 0 Å². The molecule has 0 aliphatic carbocycles. The Hall–Kier alpha value is -2.89. The van der Waals surface area contributed by atoms with Crippen LogP contribution >= 0.6 is 0 Å². The highest BCUT2D eigenvalue weighted by atomic mass is 16.6. The molecule has 1 N–H and O–H groups in total. The molecule has 0 aromatic heterocycles. The average Bonchev–Trinajstić information content (AvgIpc) is 2.54. The van der Waals surface area contributed by atoms with Gasteiger partial charge in [-0.1, -0.05) is 19.1 Å². The maximum absolute atomic E-state index is 12.4. The lowest BCUT2D eigenvalue weighted by molar-refractivity contribution is -0.384. The van der Waals surface area contributed by atoms with Gasteiger partial charge < -0.3 is 9.84 Å². The van der Waals surface area contributed by atoms with Gasteiger partial charge in [-0.25, -0.2) is 4.79 Å². The fourth-order valence-electron chi connectivity index (χ4n) is 2.77. The Labute approximate surface area is 139 Å². The molecular formula is C18H19NO5. The van der Waals surface area contributed by atoms with Crippen molar-refractivity contribution in [3.8, 4) is 16.9 Å². The van der Waals surface area contributed by atoms with Crippen LogP contribution in [0.15, 0.2) is 30.3 Å². The number of benzene rings is 2. The standard InChI is InChI=1S/C18H19NO5/c1-4-12-11(3)10-14(16(17(12)20)18(21)24-5-2)13-8-6-7-9-15(13)19(22)23/h6-10,20H,4-5H2,1-3H3. The topological polar surface area (TPSA) is 89.7 Å². The molecule has 2 rings (SSSR count). The number of hydrogen-bond donors (Lipinski definition) is 1. The van der Waals surface area contributed by atoms with Crippen LogP contribution in [0.2, 0.25) is 0 Å². The quantitative estimate of drug-likeness (QED) is 0.508. The molecule has 2 aromatic carbocycles. The summed E-state index contributed by atoms with van der Waals surface area (Å²) in [6.45, 7) is 5.46. The third kappa shape index (κ3) is 3.08. The number of nitro groups is 1. The molecule has 0 fully saturated rings. The number of esters is 1. The van der Waals surface area contributed by atoms with Crippen molar-refractivity contribution in [2.45, 2.75) is 27.2 Å². The molecule has 0 amide bonds. The van der Waals surface area contributed by atoms with Gasteiger partial charge in [0.05, 0.1) is 17.1 Å². The van der Waals surface area contributed by atoms with E-state index in [-0.39, 0.29) is 29.2 Å². The number of aromatic hydroxyl groups is 1. The first-order chi connectivity index (χ1) is 11.4. The number of nitrogens with zero attached hydrogens (tertiary/aromatic N) is 1. The SMILES string of the molecule is CCOC(=O)c1c(-c2ccccc2[N+](=O)[O-])cc(C)c(CC)c1O. The minimum atomic E-state index is -0.696. The summed E-state index contributed by atoms with van der Waals surface area (Å²) in [6, 6.07) is 7.81. The van der Waals surface area contributed by atoms with Crippen LogP contribution in [-0.2, 0) is 11.2 Å². The fraction of sp³-hybridized carbons (Fsp3) is 0.278. The number of hydrogen-bond acceptors (Lipinski definition) is 5. The van der Waals surface area contributed by atoms with E-state index in [1.807, 2.05) is 6.92 Å². The first-order valence-electron chi connectivity index (χ1n) is 7.68. The van der Waals surface area contributed by atoms with Crippen molar-refractivity contribution in [1.29, 1.82) is 0 Å². The molecule has 24 heavy (non-hydrogen) atoms. The van der Waals surface area contributed by atoms with Gasteiger partial charge in [0.15, 0.2) is 0 Å². The number of phenolic OH excluding ortho intramolecular Hbond substituents is 1. The molecule has 0 unspecified atom stereocenters. The summed E-state index contributed by atoms with van der Waals surface area (Å²) < 4.78 is 5.04. The number of nitro benzene ring substituents is 1. The van der Waals surface area contributed by atoms with Gasteiger partial charge in [-0.15, -0.1) is 0 Å². The summed E-state index contributed by atoms with van der Waals surface area (Å²) in [7, 11) is 0. The Balaban J connectivity index is 2.83. The molecule has 2 aromatic rings. The maximum Gasteiger partial charge on any atom is 0.342 e. The van der Waals surface area contributed by atoms with E-state index in [1.54, 1.807) is 38.1 Å². The number of para-hydroxylation sites is 1. The van der Waals surface area contributed by atoms with Crippen molar-refractivity contribution in [1.82, 2.24) is 0 Å². The van der Waals surface area contributed by atoms with Gasteiger partial charge in [-0.2, -0.15) is 0 Å². The molecule has 0 radical (unpaired) electrons. The summed E-state index contributed by atoms with van der Waals surface area (Å²) in [6.07, 6.45) is 0.529. The number of carbonyl (C=O) groups excluding carboxylic acids is 1. The molecule has 0 bridgehead atoms. The van der Waals surface area contributed by atoms with Gasteiger partial charge >= 0.3 is 5.97 Å². The number of carbonyl (C=O) groups is 1. The smallest absolute Gasteiger partial charge is 0.342 e. The van der Waals surface area contributed by atoms with E-state index in [1.165, 1.54) is 6.07 Å². The second kappa shape index (κ2) is 7.12. The van der Waals surface area contributed by atoms with Crippen LogP contribution in [0.4, 0.5) is 5.69 Å². The molecular weight excluding hydrogens is 310 g/mol. The van der Waals surface area contributed by atoms with E-state index in [9.17, 15) is 20.0 Å². The molecule has 6 nitrogen and oxygen atoms in total. The van der Waals surface area contributed by atoms with Crippen molar-refractivity contribution in [3.63, 3.8) is 0 Å². The largest absolute Gasteiger partial charge is 0.507 e. The lowest BCUT2D eigenvalue weighted by atomic mass is 9.91. The second-order valence-electron chi connectivity index (χ2n) is 5.29. The Kier molecular flexibility index (Phi) is 5.18. The first kappa shape index (κ1) is 17.5. The number of rotatable bonds is 5. The van der Waals surface area contributed by atoms with Gasteiger partial charge in [0, 0.05) is 11.6 Å². The zero-order chi connectivity index (χ0) is 17.9. The van der Waals surface area contributed by atoms with E-state index in [0.717, 1.165) is 5.56 Å². The van der Waals surface area contributed by atoms with Crippen LogP contribution in [0.5, 0.6) is 5.75 Å². The molecule has 0 heterocycles. The second-order valence-corrected chi connectivity index (χ2v) is 5.29. The van der Waals surface area contributed by atoms with Gasteiger partial charge in [0.2, 0.25) is 0 Å². The van der Waals surface area contributed by atoms with Crippen LogP contribution in [0.1, 0.15) is 35.3 Å². The molecule has 0 saturated heterocycles. The highest BCUT2D eigenvalue weighted by Gasteiger charge is 2.26. The lowest BCUT2D eigenvalue weighted by Gasteiger charge is -2.16. The van der Waals surface area contributed by atoms with Crippen LogP contribution in [0, 0.1) is 17.0 Å². The van der Waals surface area contributed by atoms with Crippen molar-refractivity contribution in [3.05, 3.63) is 57.1 Å². The van der Waals surface area contributed by atoms with E-state index in [0.29, 0.717) is 17.5 Å². The third-order valence-electron chi connectivity index (χ3n) is 3.85. The molecule has 0 aliphatic heterocycles. The highest BCUT2D eigenvalue weighted by Crippen LogP contribution is 2.39. The van der Waals surface area contributed by atoms with Crippen LogP contribution in [0.25, 0.3) is 11.1 Å². The zero-order valence-corrected chi connectivity index (χ0v) is 13.8. The normalized spacial score (nSPS) is 10.5. The predicted molar refractivity (Wildman–Crippen MR) is 90.3 cm³/mol. The highest BCUT2D eigenvalue weighted by molar-refractivity contribution is 6.02. The summed E-state index contributed by atoms with van der Waals surface area (Å²) in [5.41, 5.74) is 1.79. The summed E-state index contributed by atoms with van der Waals surface area (Å²) in [5.74, 6) is -0.873. The van der Waals surface area contributed by atoms with Gasteiger partial charge in [-0.3, -0.25) is 10.1 Å². The molecule has 0 atom stereocenters. The van der Waals surface area contributed by atoms with Crippen molar-refractivity contribution in [2.24, 2.45) is 0 Å². The summed E-state index contributed by atoms with van der Waals surface area (Å²) >= 11 is 0. The lowest BCUT2D eigenvalue weighted by Crippen LogP contribution is -2.09. The minimum absolute atomic E-state index is 0.0337. The number of ether oxygens (including phenoxy) is 1. The van der Waals surface area contributed by atoms with E-state index in [4.69, 9.17) is 4.74 Å². The van der Waals surface area contributed by atoms with Crippen LogP contribution in [-0.4, -0.2) is 22.6 Å². The number of aryl methyl sites for hydroxylation is 1. The molecule has 0 saturated carbocycles. The van der Waals surface area contributed by atoms with Crippen molar-refractivity contribution in [2.75, 3.05) is 6.61 Å². The van der Waals surface area contributed by atoms with E-state index in [2.05, 4.69) is 0 Å². The minimum Gasteiger partial charge on any atom is -0.507 e. The van der Waals surface area contributed by atoms with Gasteiger partial charge in [-0.05, 0) is 43.5 Å². The molecule has 0 aliphatic rings. The predicted octanol–water partition coefficient (Wildman–Crippen LogP) is 4.01. The molecule has 6 heteroatoms. The maximum atomic E-state index is 12.4. The summed E-state index contributed by atoms with van der Waals surface area (Å²) in [4.78, 5) is 23.2. The van der Waals surface area contributed by atoms with Crippen molar-refractivity contribution < 1.29 is 19.6 Å². The monoisotopic (exact) mass is 329 g/mol. The van der Waals surface area contributed by atoms with E-state index < -0.39 is 10.9 Å². The molecule has 0 spiro atoms. The fourth-order valence-corrected chi connectivity index (χ4v) is 2.77. The zero-order valence-electron chi connectivity index (χ0n) is 13.8. The van der Waals surface area contributed by atoms with Gasteiger partial charge in [0.1, 0.15) is 11.3 Å². The van der Waals surface area contributed by atoms with E-state index >= 15 is 0 Å². The molecule has 126 valence electrons. The summed E-state index contributed by atoms with van der Waals surface area (Å²) in [5, 5.41) is 21.9. The van der Waals surface area contributed by atoms with Crippen molar-refractivity contribution >= 4 is 11.7 Å². The van der Waals surface area contributed by atoms with Crippen LogP contribution in [0.3, 0.4) is 0 Å².